The molecule has 0 aliphatic rings. The Bertz CT molecular complexity index is 1110. The number of hydrogen-bond acceptors (Lipinski definition) is 3. The summed E-state index contributed by atoms with van der Waals surface area (Å²) in [5.74, 6) is 0. The van der Waals surface area contributed by atoms with Crippen molar-refractivity contribution in [2.24, 2.45) is 9.81 Å². The Balaban J connectivity index is 1.84. The summed E-state index contributed by atoms with van der Waals surface area (Å²) in [6, 6.07) is 26.8. The highest BCUT2D eigenvalue weighted by atomic mass is 32.2. The van der Waals surface area contributed by atoms with Crippen molar-refractivity contribution < 1.29 is 0 Å². The standard InChI is InChI=1S/C24H23N3S/c1-24(2,3)22(19-14-8-5-9-15-19)26-28-23-21(18-12-6-4-7-13-18)25-20-16-10-11-17-27(20)23/h4-17H,1-3H3. The molecule has 2 aromatic carbocycles. The predicted molar refractivity (Wildman–Crippen MR) is 119 cm³/mol. The molecule has 0 amide bonds. The molecular formula is C24H23N3S. The van der Waals surface area contributed by atoms with Crippen LogP contribution in [0.25, 0.3) is 16.9 Å². The molecule has 0 saturated heterocycles. The van der Waals surface area contributed by atoms with Gasteiger partial charge in [-0.3, -0.25) is 4.40 Å². The van der Waals surface area contributed by atoms with E-state index >= 15 is 0 Å². The van der Waals surface area contributed by atoms with E-state index in [-0.39, 0.29) is 5.41 Å². The first-order chi connectivity index (χ1) is 13.5. The van der Waals surface area contributed by atoms with Crippen LogP contribution < -0.4 is 0 Å². The van der Waals surface area contributed by atoms with Crippen LogP contribution in [0.15, 0.2) is 94.5 Å². The van der Waals surface area contributed by atoms with Crippen LogP contribution >= 0.6 is 11.9 Å². The maximum atomic E-state index is 5.02. The zero-order chi connectivity index (χ0) is 19.6. The summed E-state index contributed by atoms with van der Waals surface area (Å²) >= 11 is 1.50. The molecule has 0 unspecified atom stereocenters. The monoisotopic (exact) mass is 385 g/mol. The van der Waals surface area contributed by atoms with Crippen LogP contribution in [0.3, 0.4) is 0 Å². The average molecular weight is 386 g/mol. The van der Waals surface area contributed by atoms with Gasteiger partial charge < -0.3 is 0 Å². The van der Waals surface area contributed by atoms with Gasteiger partial charge in [-0.25, -0.2) is 9.38 Å². The Hall–Kier alpha value is -2.85. The van der Waals surface area contributed by atoms with Crippen LogP contribution in [-0.2, 0) is 0 Å². The Kier molecular flexibility index (Phi) is 5.05. The predicted octanol–water partition coefficient (Wildman–Crippen LogP) is 6.54. The summed E-state index contributed by atoms with van der Waals surface area (Å²) in [4.78, 5) is 4.87. The van der Waals surface area contributed by atoms with E-state index in [1.54, 1.807) is 0 Å². The minimum atomic E-state index is -0.0677. The van der Waals surface area contributed by atoms with Crippen molar-refractivity contribution in [3.63, 3.8) is 0 Å². The Morgan fingerprint density at radius 1 is 0.857 bits per heavy atom. The van der Waals surface area contributed by atoms with Crippen molar-refractivity contribution in [1.29, 1.82) is 0 Å². The SMILES string of the molecule is CC(C)(C)C(=NSc1c(-c2ccccc2)nc2ccccn12)c1ccccc1. The lowest BCUT2D eigenvalue weighted by Crippen LogP contribution is -2.21. The van der Waals surface area contributed by atoms with E-state index in [0.29, 0.717) is 0 Å². The fourth-order valence-electron chi connectivity index (χ4n) is 3.15. The van der Waals surface area contributed by atoms with Gasteiger partial charge in [0.25, 0.3) is 0 Å². The number of nitrogens with zero attached hydrogens (tertiary/aromatic N) is 3. The van der Waals surface area contributed by atoms with Gasteiger partial charge in [-0.05, 0) is 17.7 Å². The third-order valence-corrected chi connectivity index (χ3v) is 5.35. The van der Waals surface area contributed by atoms with Crippen molar-refractivity contribution in [1.82, 2.24) is 9.38 Å². The second-order valence-electron chi connectivity index (χ2n) is 7.71. The number of hydrogen-bond donors (Lipinski definition) is 0. The molecule has 0 N–H and O–H groups in total. The normalized spacial score (nSPS) is 12.5. The van der Waals surface area contributed by atoms with Crippen LogP contribution in [0.1, 0.15) is 26.3 Å². The molecule has 2 aromatic heterocycles. The van der Waals surface area contributed by atoms with E-state index in [1.165, 1.54) is 11.9 Å². The number of pyridine rings is 1. The fourth-order valence-corrected chi connectivity index (χ4v) is 4.20. The molecule has 3 nitrogen and oxygen atoms in total. The quantitative estimate of drug-likeness (QED) is 0.295. The molecule has 0 atom stereocenters. The van der Waals surface area contributed by atoms with E-state index in [0.717, 1.165) is 33.2 Å². The van der Waals surface area contributed by atoms with Crippen LogP contribution in [0.5, 0.6) is 0 Å². The topological polar surface area (TPSA) is 29.7 Å². The van der Waals surface area contributed by atoms with Crippen LogP contribution in [-0.4, -0.2) is 15.1 Å². The summed E-state index contributed by atoms with van der Waals surface area (Å²) in [6.45, 7) is 6.60. The molecule has 0 fully saturated rings. The van der Waals surface area contributed by atoms with Gasteiger partial charge >= 0.3 is 0 Å². The van der Waals surface area contributed by atoms with Crippen molar-refractivity contribution in [3.8, 4) is 11.3 Å². The van der Waals surface area contributed by atoms with Gasteiger partial charge in [0.15, 0.2) is 0 Å². The molecular weight excluding hydrogens is 362 g/mol. The van der Waals surface area contributed by atoms with E-state index < -0.39 is 0 Å². The zero-order valence-corrected chi connectivity index (χ0v) is 17.1. The van der Waals surface area contributed by atoms with Gasteiger partial charge in [0.1, 0.15) is 16.4 Å². The molecule has 140 valence electrons. The fraction of sp³-hybridized carbons (Fsp3) is 0.167. The van der Waals surface area contributed by atoms with E-state index in [4.69, 9.17) is 9.38 Å². The summed E-state index contributed by atoms with van der Waals surface area (Å²) < 4.78 is 7.13. The van der Waals surface area contributed by atoms with Crippen LogP contribution in [0.2, 0.25) is 0 Å². The molecule has 28 heavy (non-hydrogen) atoms. The molecule has 4 aromatic rings. The lowest BCUT2D eigenvalue weighted by Gasteiger charge is -2.21. The van der Waals surface area contributed by atoms with Crippen molar-refractivity contribution in [2.45, 2.75) is 25.8 Å². The van der Waals surface area contributed by atoms with Gasteiger partial charge in [0, 0.05) is 29.1 Å². The average Bonchev–Trinajstić information content (AvgIpc) is 3.07. The summed E-state index contributed by atoms with van der Waals surface area (Å²) in [5, 5.41) is 1.03. The molecule has 0 aliphatic heterocycles. The minimum Gasteiger partial charge on any atom is -0.293 e. The lowest BCUT2D eigenvalue weighted by molar-refractivity contribution is 0.594. The Morgan fingerprint density at radius 2 is 1.50 bits per heavy atom. The smallest absolute Gasteiger partial charge is 0.138 e. The van der Waals surface area contributed by atoms with E-state index in [2.05, 4.69) is 61.6 Å². The number of fused-ring (bicyclic) bond motifs is 1. The van der Waals surface area contributed by atoms with Crippen molar-refractivity contribution in [2.75, 3.05) is 0 Å². The third-order valence-electron chi connectivity index (χ3n) is 4.51. The molecule has 0 aliphatic carbocycles. The number of imidazole rings is 1. The number of benzene rings is 2. The highest BCUT2D eigenvalue weighted by molar-refractivity contribution is 7.98. The first kappa shape index (κ1) is 18.5. The summed E-state index contributed by atoms with van der Waals surface area (Å²) in [5.41, 5.74) is 5.14. The van der Waals surface area contributed by atoms with Gasteiger partial charge in [-0.15, -0.1) is 0 Å². The Labute approximate surface area is 170 Å². The molecule has 0 saturated carbocycles. The lowest BCUT2D eigenvalue weighted by atomic mass is 9.86. The summed E-state index contributed by atoms with van der Waals surface area (Å²) in [7, 11) is 0. The molecule has 0 radical (unpaired) electrons. The maximum Gasteiger partial charge on any atom is 0.138 e. The second-order valence-corrected chi connectivity index (χ2v) is 8.46. The van der Waals surface area contributed by atoms with Gasteiger partial charge in [0.05, 0.1) is 5.71 Å². The molecule has 2 heterocycles. The summed E-state index contributed by atoms with van der Waals surface area (Å²) in [6.07, 6.45) is 2.05. The molecule has 0 spiro atoms. The van der Waals surface area contributed by atoms with Crippen molar-refractivity contribution >= 4 is 23.3 Å². The van der Waals surface area contributed by atoms with E-state index in [1.807, 2.05) is 48.7 Å². The number of aromatic nitrogens is 2. The second kappa shape index (κ2) is 7.64. The van der Waals surface area contributed by atoms with Crippen LogP contribution in [0.4, 0.5) is 0 Å². The first-order valence-electron chi connectivity index (χ1n) is 9.37. The molecule has 4 heteroatoms. The largest absolute Gasteiger partial charge is 0.293 e. The minimum absolute atomic E-state index is 0.0677. The molecule has 4 rings (SSSR count). The molecule has 0 bridgehead atoms. The van der Waals surface area contributed by atoms with Gasteiger partial charge in [-0.1, -0.05) is 87.5 Å². The van der Waals surface area contributed by atoms with Crippen molar-refractivity contribution in [3.05, 3.63) is 90.6 Å². The zero-order valence-electron chi connectivity index (χ0n) is 16.3. The van der Waals surface area contributed by atoms with Gasteiger partial charge in [0.2, 0.25) is 0 Å². The maximum absolute atomic E-state index is 5.02. The first-order valence-corrected chi connectivity index (χ1v) is 10.1. The third kappa shape index (κ3) is 3.73. The Morgan fingerprint density at radius 3 is 2.18 bits per heavy atom. The van der Waals surface area contributed by atoms with Gasteiger partial charge in [-0.2, -0.15) is 0 Å². The highest BCUT2D eigenvalue weighted by Crippen LogP contribution is 2.34. The number of rotatable bonds is 4. The van der Waals surface area contributed by atoms with E-state index in [9.17, 15) is 0 Å². The van der Waals surface area contributed by atoms with Crippen LogP contribution in [0, 0.1) is 5.41 Å². The highest BCUT2D eigenvalue weighted by Gasteiger charge is 2.22.